The maximum atomic E-state index is 13.4. The molecule has 1 atom stereocenters. The number of fused-ring (bicyclic) bond motifs is 1. The smallest absolute Gasteiger partial charge is 0.270 e. The van der Waals surface area contributed by atoms with Crippen molar-refractivity contribution in [3.63, 3.8) is 0 Å². The van der Waals surface area contributed by atoms with Crippen molar-refractivity contribution < 1.29 is 13.8 Å². The van der Waals surface area contributed by atoms with Crippen molar-refractivity contribution in [2.24, 2.45) is 17.1 Å². The van der Waals surface area contributed by atoms with Gasteiger partial charge in [-0.1, -0.05) is 54.2 Å². The second-order valence-corrected chi connectivity index (χ2v) is 17.1. The third-order valence-corrected chi connectivity index (χ3v) is 13.5. The van der Waals surface area contributed by atoms with Gasteiger partial charge >= 0.3 is 0 Å². The summed E-state index contributed by atoms with van der Waals surface area (Å²) in [5, 5.41) is 9.61. The molecule has 270 valence electrons. The number of likely N-dealkylation sites (tertiary alicyclic amines) is 1. The maximum absolute atomic E-state index is 13.4. The van der Waals surface area contributed by atoms with Crippen LogP contribution in [-0.2, 0) is 22.3 Å². The summed E-state index contributed by atoms with van der Waals surface area (Å²) in [6.07, 6.45) is 9.61. The van der Waals surface area contributed by atoms with Crippen LogP contribution in [0.1, 0.15) is 66.2 Å². The van der Waals surface area contributed by atoms with Crippen LogP contribution in [-0.4, -0.2) is 85.3 Å². The molecule has 4 N–H and O–H groups in total. The van der Waals surface area contributed by atoms with Gasteiger partial charge in [0, 0.05) is 79.0 Å². The minimum Gasteiger partial charge on any atom is -0.389 e. The fraction of sp³-hybridized carbons (Fsp3) is 0.459. The predicted molar refractivity (Wildman–Crippen MR) is 209 cm³/mol. The zero-order valence-electron chi connectivity index (χ0n) is 28.7. The summed E-state index contributed by atoms with van der Waals surface area (Å²) in [5.74, 6) is -0.0132. The molecule has 0 radical (unpaired) electrons. The van der Waals surface area contributed by atoms with Crippen LogP contribution in [0, 0.1) is 11.3 Å². The van der Waals surface area contributed by atoms with E-state index in [2.05, 4.69) is 43.4 Å². The Balaban J connectivity index is 0.987. The van der Waals surface area contributed by atoms with E-state index in [1.165, 1.54) is 11.3 Å². The van der Waals surface area contributed by atoms with Crippen LogP contribution in [0.25, 0.3) is 22.0 Å². The first kappa shape index (κ1) is 36.2. The molecule has 1 aliphatic carbocycles. The van der Waals surface area contributed by atoms with E-state index in [9.17, 15) is 13.8 Å². The van der Waals surface area contributed by atoms with Gasteiger partial charge in [-0.05, 0) is 74.2 Å². The van der Waals surface area contributed by atoms with E-state index in [4.69, 9.17) is 29.6 Å². The molecule has 1 saturated carbocycles. The molecule has 2 aliphatic heterocycles. The summed E-state index contributed by atoms with van der Waals surface area (Å²) in [6.45, 7) is 5.25. The average Bonchev–Trinajstić information content (AvgIpc) is 3.80. The normalized spacial score (nSPS) is 19.2. The van der Waals surface area contributed by atoms with Crippen molar-refractivity contribution in [2.75, 3.05) is 45.5 Å². The summed E-state index contributed by atoms with van der Waals surface area (Å²) < 4.78 is 16.5. The van der Waals surface area contributed by atoms with Crippen LogP contribution < -0.4 is 16.4 Å². The standard InChI is InChI=1S/C37H44ClN7O3S3/c1-51(48)44-12-7-28(8-13-44)45-21-30(24-3-2-4-25(17-24)34(39)49)29-6-5-26(32(38)33(29)45)20-41-35(46)27-18-37(19-27)9-14-43(15-10-37)16-11-40-36(47)31-22-50-23-42-31/h2-6,17,21-23,27-28H,7-16,18-20H2,1H3,(H2,39,49)(H,40,47)(H,41,46). The number of halogens is 1. The van der Waals surface area contributed by atoms with Crippen LogP contribution in [0.5, 0.6) is 0 Å². The lowest BCUT2D eigenvalue weighted by atomic mass is 9.57. The maximum Gasteiger partial charge on any atom is 0.270 e. The van der Waals surface area contributed by atoms with Gasteiger partial charge in [-0.15, -0.1) is 11.3 Å². The summed E-state index contributed by atoms with van der Waals surface area (Å²) in [5.41, 5.74) is 13.1. The number of nitrogens with two attached hydrogens (primary N) is 1. The molecule has 1 unspecified atom stereocenters. The second kappa shape index (κ2) is 15.4. The number of carbonyl (C=O) groups excluding carboxylic acids is 2. The number of hydrogen-bond acceptors (Lipinski definition) is 7. The highest BCUT2D eigenvalue weighted by atomic mass is 35.5. The van der Waals surface area contributed by atoms with Crippen molar-refractivity contribution in [3.05, 3.63) is 75.3 Å². The monoisotopic (exact) mass is 765 g/mol. The van der Waals surface area contributed by atoms with Gasteiger partial charge in [-0.2, -0.15) is 0 Å². The van der Waals surface area contributed by atoms with Crippen molar-refractivity contribution in [1.82, 2.24) is 29.4 Å². The Labute approximate surface area is 315 Å². The molecule has 4 aromatic rings. The number of thiocarbonyl (C=S) groups is 1. The Morgan fingerprint density at radius 2 is 1.88 bits per heavy atom. The third kappa shape index (κ3) is 7.79. The van der Waals surface area contributed by atoms with Gasteiger partial charge in [0.2, 0.25) is 5.91 Å². The van der Waals surface area contributed by atoms with E-state index >= 15 is 0 Å². The molecule has 51 heavy (non-hydrogen) atoms. The van der Waals surface area contributed by atoms with Gasteiger partial charge in [0.05, 0.1) is 27.0 Å². The number of thiazole rings is 1. The lowest BCUT2D eigenvalue weighted by molar-refractivity contribution is -0.135. The van der Waals surface area contributed by atoms with Crippen LogP contribution in [0.15, 0.2) is 53.5 Å². The first-order chi connectivity index (χ1) is 24.6. The van der Waals surface area contributed by atoms with E-state index in [0.29, 0.717) is 28.8 Å². The van der Waals surface area contributed by atoms with Crippen LogP contribution in [0.2, 0.25) is 5.02 Å². The van der Waals surface area contributed by atoms with Gasteiger partial charge in [-0.3, -0.25) is 9.59 Å². The molecule has 2 amide bonds. The molecule has 2 aromatic carbocycles. The van der Waals surface area contributed by atoms with Crippen LogP contribution in [0.3, 0.4) is 0 Å². The van der Waals surface area contributed by atoms with E-state index < -0.39 is 11.0 Å². The molecule has 3 aliphatic rings. The zero-order chi connectivity index (χ0) is 35.7. The molecular weight excluding hydrogens is 722 g/mol. The summed E-state index contributed by atoms with van der Waals surface area (Å²) >= 11 is 13.9. The van der Waals surface area contributed by atoms with Gasteiger partial charge in [0.15, 0.2) is 0 Å². The van der Waals surface area contributed by atoms with Crippen molar-refractivity contribution in [3.8, 4) is 11.1 Å². The molecule has 14 heteroatoms. The Kier molecular flexibility index (Phi) is 10.9. The fourth-order valence-electron chi connectivity index (χ4n) is 8.12. The van der Waals surface area contributed by atoms with Gasteiger partial charge < -0.3 is 25.8 Å². The summed E-state index contributed by atoms with van der Waals surface area (Å²) in [7, 11) is -0.993. The fourth-order valence-corrected chi connectivity index (χ4v) is 9.83. The number of aromatic nitrogens is 2. The number of rotatable bonds is 11. The quantitative estimate of drug-likeness (QED) is 0.172. The lowest BCUT2D eigenvalue weighted by Gasteiger charge is -2.51. The molecule has 4 heterocycles. The van der Waals surface area contributed by atoms with Crippen molar-refractivity contribution in [1.29, 1.82) is 0 Å². The number of piperidine rings is 2. The zero-order valence-corrected chi connectivity index (χ0v) is 31.9. The Morgan fingerprint density at radius 3 is 2.57 bits per heavy atom. The molecule has 10 nitrogen and oxygen atoms in total. The summed E-state index contributed by atoms with van der Waals surface area (Å²) in [4.78, 5) is 32.4. The Hall–Kier alpha value is -3.20. The van der Waals surface area contributed by atoms with Gasteiger partial charge in [0.25, 0.3) is 5.91 Å². The van der Waals surface area contributed by atoms with Crippen LogP contribution >= 0.6 is 35.2 Å². The van der Waals surface area contributed by atoms with E-state index in [-0.39, 0.29) is 29.2 Å². The first-order valence-electron chi connectivity index (χ1n) is 17.6. The van der Waals surface area contributed by atoms with E-state index in [1.54, 1.807) is 17.1 Å². The topological polar surface area (TPSA) is 126 Å². The number of nitrogens with zero attached hydrogens (tertiary/aromatic N) is 4. The summed E-state index contributed by atoms with van der Waals surface area (Å²) in [6, 6.07) is 12.3. The van der Waals surface area contributed by atoms with E-state index in [0.717, 1.165) is 104 Å². The second-order valence-electron chi connectivity index (χ2n) is 14.2. The number of hydrogen-bond donors (Lipinski definition) is 3. The van der Waals surface area contributed by atoms with Gasteiger partial charge in [0.1, 0.15) is 10.7 Å². The molecule has 1 spiro atoms. The van der Waals surface area contributed by atoms with Gasteiger partial charge in [-0.25, -0.2) is 13.5 Å². The average molecular weight is 766 g/mol. The highest BCUT2D eigenvalue weighted by Gasteiger charge is 2.48. The number of amides is 2. The molecule has 2 saturated heterocycles. The third-order valence-electron chi connectivity index (χ3n) is 11.1. The number of nitrogens with one attached hydrogen (secondary N) is 2. The lowest BCUT2D eigenvalue weighted by Crippen LogP contribution is -2.51. The Bertz CT molecular complexity index is 1940. The SMILES string of the molecule is CS(=O)N1CCC(n2cc(-c3cccc(C(N)=S)c3)c3ccc(CNC(=O)C4CC5(CCN(CCNC(=O)c6cscn6)CC5)C4)c(Cl)c32)CC1. The minimum atomic E-state index is -0.993. The first-order valence-corrected chi connectivity index (χ1v) is 20.8. The number of carbonyl (C=O) groups is 2. The highest BCUT2D eigenvalue weighted by Crippen LogP contribution is 2.52. The molecule has 7 rings (SSSR count). The number of benzene rings is 2. The molecule has 0 bridgehead atoms. The molecule has 2 aromatic heterocycles. The highest BCUT2D eigenvalue weighted by molar-refractivity contribution is 7.81. The predicted octanol–water partition coefficient (Wildman–Crippen LogP) is 5.52. The largest absolute Gasteiger partial charge is 0.389 e. The van der Waals surface area contributed by atoms with Crippen molar-refractivity contribution in [2.45, 2.75) is 51.1 Å². The van der Waals surface area contributed by atoms with E-state index in [1.807, 2.05) is 28.6 Å². The molecular formula is C37H44ClN7O3S3. The minimum absolute atomic E-state index is 0.0159. The van der Waals surface area contributed by atoms with Crippen LogP contribution in [0.4, 0.5) is 0 Å². The van der Waals surface area contributed by atoms with Crippen molar-refractivity contribution >= 4 is 73.8 Å². The molecule has 3 fully saturated rings. The Morgan fingerprint density at radius 1 is 1.12 bits per heavy atom.